The van der Waals surface area contributed by atoms with Gasteiger partial charge < -0.3 is 9.84 Å². The van der Waals surface area contributed by atoms with Gasteiger partial charge in [0, 0.05) is 5.92 Å². The number of rotatable bonds is 3. The van der Waals surface area contributed by atoms with Crippen molar-refractivity contribution in [2.75, 3.05) is 18.6 Å². The van der Waals surface area contributed by atoms with Gasteiger partial charge >= 0.3 is 0 Å². The van der Waals surface area contributed by atoms with Crippen molar-refractivity contribution in [3.63, 3.8) is 0 Å². The smallest absolute Gasteiger partial charge is 0.240 e. The summed E-state index contributed by atoms with van der Waals surface area (Å²) in [5.74, 6) is 1.35. The average Bonchev–Trinajstić information content (AvgIpc) is 2.65. The van der Waals surface area contributed by atoms with Gasteiger partial charge in [-0.2, -0.15) is 4.98 Å². The van der Waals surface area contributed by atoms with Crippen LogP contribution < -0.4 is 5.32 Å². The minimum atomic E-state index is -2.92. The van der Waals surface area contributed by atoms with Crippen LogP contribution in [0.25, 0.3) is 0 Å². The van der Waals surface area contributed by atoms with E-state index in [0.29, 0.717) is 24.7 Å². The van der Waals surface area contributed by atoms with Gasteiger partial charge in [0.15, 0.2) is 15.7 Å². The van der Waals surface area contributed by atoms with Gasteiger partial charge in [-0.05, 0) is 19.9 Å². The van der Waals surface area contributed by atoms with Gasteiger partial charge in [-0.15, -0.1) is 0 Å². The van der Waals surface area contributed by atoms with Crippen LogP contribution in [-0.2, 0) is 16.4 Å². The van der Waals surface area contributed by atoms with Crippen LogP contribution in [0.15, 0.2) is 4.52 Å². The monoisotopic (exact) mass is 245 g/mol. The van der Waals surface area contributed by atoms with E-state index in [0.717, 1.165) is 6.42 Å². The quantitative estimate of drug-likeness (QED) is 0.811. The summed E-state index contributed by atoms with van der Waals surface area (Å²) in [7, 11) is -1.13. The maximum Gasteiger partial charge on any atom is 0.240 e. The van der Waals surface area contributed by atoms with Crippen LogP contribution in [0.5, 0.6) is 0 Å². The minimum absolute atomic E-state index is 0.104. The Morgan fingerprint density at radius 1 is 1.56 bits per heavy atom. The molecule has 2 rings (SSSR count). The van der Waals surface area contributed by atoms with Crippen molar-refractivity contribution < 1.29 is 12.9 Å². The van der Waals surface area contributed by atoms with E-state index in [-0.39, 0.29) is 17.4 Å². The maximum absolute atomic E-state index is 11.5. The number of sulfone groups is 1. The predicted molar refractivity (Wildman–Crippen MR) is 57.7 cm³/mol. The lowest BCUT2D eigenvalue weighted by molar-refractivity contribution is 0.363. The van der Waals surface area contributed by atoms with E-state index >= 15 is 0 Å². The van der Waals surface area contributed by atoms with Crippen LogP contribution in [0.1, 0.15) is 30.5 Å². The van der Waals surface area contributed by atoms with Gasteiger partial charge in [0.05, 0.1) is 18.1 Å². The van der Waals surface area contributed by atoms with E-state index in [1.807, 2.05) is 0 Å². The number of hydrogen-bond acceptors (Lipinski definition) is 6. The fourth-order valence-corrected chi connectivity index (χ4v) is 3.59. The number of hydrogen-bond donors (Lipinski definition) is 1. The van der Waals surface area contributed by atoms with Gasteiger partial charge in [0.1, 0.15) is 0 Å². The molecule has 0 bridgehead atoms. The first-order chi connectivity index (χ1) is 7.61. The standard InChI is InChI=1S/C9H15N3O3S/c1-10-5-8-11-9(12-15-8)7-3-2-4-16(13,14)6-7/h7,10H,2-6H2,1H3. The zero-order valence-electron chi connectivity index (χ0n) is 9.14. The van der Waals surface area contributed by atoms with Gasteiger partial charge in [-0.25, -0.2) is 8.42 Å². The van der Waals surface area contributed by atoms with Crippen LogP contribution >= 0.6 is 0 Å². The molecule has 0 radical (unpaired) electrons. The van der Waals surface area contributed by atoms with Crippen molar-refractivity contribution in [1.82, 2.24) is 15.5 Å². The molecule has 1 saturated heterocycles. The molecular weight excluding hydrogens is 230 g/mol. The third-order valence-electron chi connectivity index (χ3n) is 2.64. The first-order valence-corrected chi connectivity index (χ1v) is 7.10. The molecule has 7 heteroatoms. The highest BCUT2D eigenvalue weighted by molar-refractivity contribution is 7.91. The molecule has 16 heavy (non-hydrogen) atoms. The number of nitrogens with zero attached hydrogens (tertiary/aromatic N) is 2. The Labute approximate surface area is 94.3 Å². The molecule has 1 atom stereocenters. The normalized spacial score (nSPS) is 24.4. The van der Waals surface area contributed by atoms with Crippen molar-refractivity contribution in [3.8, 4) is 0 Å². The molecule has 90 valence electrons. The van der Waals surface area contributed by atoms with Gasteiger partial charge in [0.25, 0.3) is 0 Å². The van der Waals surface area contributed by atoms with Gasteiger partial charge in [-0.1, -0.05) is 5.16 Å². The van der Waals surface area contributed by atoms with E-state index in [1.54, 1.807) is 7.05 Å². The molecule has 0 aliphatic carbocycles. The highest BCUT2D eigenvalue weighted by Crippen LogP contribution is 2.26. The lowest BCUT2D eigenvalue weighted by Gasteiger charge is -2.18. The molecule has 1 N–H and O–H groups in total. The molecule has 0 saturated carbocycles. The molecule has 1 unspecified atom stereocenters. The van der Waals surface area contributed by atoms with Crippen molar-refractivity contribution in [2.45, 2.75) is 25.3 Å². The summed E-state index contributed by atoms with van der Waals surface area (Å²) in [5.41, 5.74) is 0. The van der Waals surface area contributed by atoms with Crippen molar-refractivity contribution in [1.29, 1.82) is 0 Å². The van der Waals surface area contributed by atoms with Crippen LogP contribution in [0.2, 0.25) is 0 Å². The molecule has 0 aromatic carbocycles. The number of aromatic nitrogens is 2. The molecule has 1 aromatic rings. The summed E-state index contributed by atoms with van der Waals surface area (Å²) in [6.45, 7) is 0.506. The fourth-order valence-electron chi connectivity index (χ4n) is 1.88. The first-order valence-electron chi connectivity index (χ1n) is 5.28. The Morgan fingerprint density at radius 2 is 2.38 bits per heavy atom. The van der Waals surface area contributed by atoms with Crippen LogP contribution in [0.3, 0.4) is 0 Å². The van der Waals surface area contributed by atoms with Crippen molar-refractivity contribution >= 4 is 9.84 Å². The van der Waals surface area contributed by atoms with Crippen LogP contribution in [-0.4, -0.2) is 37.1 Å². The molecule has 1 fully saturated rings. The first kappa shape index (κ1) is 11.5. The predicted octanol–water partition coefficient (Wildman–Crippen LogP) is 0.0812. The summed E-state index contributed by atoms with van der Waals surface area (Å²) in [4.78, 5) is 4.18. The van der Waals surface area contributed by atoms with E-state index in [9.17, 15) is 8.42 Å². The molecular formula is C9H15N3O3S. The SMILES string of the molecule is CNCc1nc(C2CCCS(=O)(=O)C2)no1. The van der Waals surface area contributed by atoms with E-state index < -0.39 is 9.84 Å². The summed E-state index contributed by atoms with van der Waals surface area (Å²) in [5, 5.41) is 6.74. The summed E-state index contributed by atoms with van der Waals surface area (Å²) < 4.78 is 27.9. The lowest BCUT2D eigenvalue weighted by atomic mass is 10.1. The summed E-state index contributed by atoms with van der Waals surface area (Å²) in [6.07, 6.45) is 1.50. The molecule has 6 nitrogen and oxygen atoms in total. The Morgan fingerprint density at radius 3 is 3.06 bits per heavy atom. The zero-order valence-corrected chi connectivity index (χ0v) is 9.96. The van der Waals surface area contributed by atoms with Crippen LogP contribution in [0.4, 0.5) is 0 Å². The molecule has 2 heterocycles. The zero-order chi connectivity index (χ0) is 11.6. The molecule has 1 aromatic heterocycles. The second kappa shape index (κ2) is 4.50. The topological polar surface area (TPSA) is 85.1 Å². The second-order valence-corrected chi connectivity index (χ2v) is 6.26. The maximum atomic E-state index is 11.5. The van der Waals surface area contributed by atoms with Crippen molar-refractivity contribution in [2.24, 2.45) is 0 Å². The Hall–Kier alpha value is -0.950. The summed E-state index contributed by atoms with van der Waals surface area (Å²) in [6, 6.07) is 0. The summed E-state index contributed by atoms with van der Waals surface area (Å²) >= 11 is 0. The Balaban J connectivity index is 2.11. The fraction of sp³-hybridized carbons (Fsp3) is 0.778. The molecule has 0 amide bonds. The van der Waals surface area contributed by atoms with Gasteiger partial charge in [0.2, 0.25) is 5.89 Å². The van der Waals surface area contributed by atoms with E-state index in [1.165, 1.54) is 0 Å². The average molecular weight is 245 g/mol. The Kier molecular flexibility index (Phi) is 3.25. The third-order valence-corrected chi connectivity index (χ3v) is 4.46. The van der Waals surface area contributed by atoms with Crippen LogP contribution in [0, 0.1) is 0 Å². The van der Waals surface area contributed by atoms with Gasteiger partial charge in [-0.3, -0.25) is 0 Å². The third kappa shape index (κ3) is 2.59. The second-order valence-electron chi connectivity index (χ2n) is 4.03. The van der Waals surface area contributed by atoms with E-state index in [2.05, 4.69) is 15.5 Å². The van der Waals surface area contributed by atoms with Crippen molar-refractivity contribution in [3.05, 3.63) is 11.7 Å². The molecule has 1 aliphatic heterocycles. The minimum Gasteiger partial charge on any atom is -0.338 e. The number of nitrogens with one attached hydrogen (secondary N) is 1. The molecule has 0 spiro atoms. The highest BCUT2D eigenvalue weighted by Gasteiger charge is 2.29. The largest absolute Gasteiger partial charge is 0.338 e. The van der Waals surface area contributed by atoms with E-state index in [4.69, 9.17) is 4.52 Å². The molecule has 1 aliphatic rings. The lowest BCUT2D eigenvalue weighted by Crippen LogP contribution is -2.24. The Bertz CT molecular complexity index is 454. The highest BCUT2D eigenvalue weighted by atomic mass is 32.2.